The third-order valence-electron chi connectivity index (χ3n) is 2.61. The molecule has 0 spiro atoms. The van der Waals surface area contributed by atoms with Crippen molar-refractivity contribution in [1.29, 1.82) is 0 Å². The molecule has 0 bridgehead atoms. The number of aromatic nitrogens is 2. The van der Waals surface area contributed by atoms with Crippen molar-refractivity contribution in [3.63, 3.8) is 0 Å². The van der Waals surface area contributed by atoms with Crippen LogP contribution < -0.4 is 0 Å². The van der Waals surface area contributed by atoms with E-state index in [1.54, 1.807) is 26.0 Å². The lowest BCUT2D eigenvalue weighted by Crippen LogP contribution is -2.10. The Hall–Kier alpha value is -1.30. The van der Waals surface area contributed by atoms with E-state index in [0.29, 0.717) is 14.5 Å². The van der Waals surface area contributed by atoms with Crippen molar-refractivity contribution in [3.8, 4) is 0 Å². The Morgan fingerprint density at radius 1 is 1.39 bits per heavy atom. The number of benzene rings is 1. The van der Waals surface area contributed by atoms with Crippen molar-refractivity contribution in [3.05, 3.63) is 28.4 Å². The van der Waals surface area contributed by atoms with Crippen LogP contribution in [0.15, 0.2) is 22.7 Å². The minimum Gasteiger partial charge on any atom is -0.292 e. The zero-order valence-corrected chi connectivity index (χ0v) is 11.4. The van der Waals surface area contributed by atoms with Crippen molar-refractivity contribution in [1.82, 2.24) is 9.78 Å². The van der Waals surface area contributed by atoms with E-state index in [2.05, 4.69) is 21.0 Å². The number of alkyl halides is 2. The SMILES string of the molecule is CC(C)C(=O)c1nn(C(F)F)c2cc(Br)ccc12. The molecule has 0 atom stereocenters. The van der Waals surface area contributed by atoms with Gasteiger partial charge in [-0.15, -0.1) is 0 Å². The van der Waals surface area contributed by atoms with E-state index in [9.17, 15) is 13.6 Å². The van der Waals surface area contributed by atoms with Gasteiger partial charge in [0.25, 0.3) is 0 Å². The monoisotopic (exact) mass is 316 g/mol. The second-order valence-electron chi connectivity index (χ2n) is 4.25. The first-order valence-corrected chi connectivity index (χ1v) is 6.21. The van der Waals surface area contributed by atoms with E-state index < -0.39 is 6.55 Å². The van der Waals surface area contributed by atoms with Gasteiger partial charge in [0, 0.05) is 15.8 Å². The summed E-state index contributed by atoms with van der Waals surface area (Å²) in [6, 6.07) is 4.86. The van der Waals surface area contributed by atoms with E-state index in [0.717, 1.165) is 0 Å². The molecule has 3 nitrogen and oxygen atoms in total. The van der Waals surface area contributed by atoms with E-state index in [-0.39, 0.29) is 22.9 Å². The molecule has 0 aliphatic heterocycles. The Labute approximate surface area is 111 Å². The fraction of sp³-hybridized carbons (Fsp3) is 0.333. The summed E-state index contributed by atoms with van der Waals surface area (Å²) in [4.78, 5) is 11.9. The van der Waals surface area contributed by atoms with Gasteiger partial charge in [-0.05, 0) is 18.2 Å². The fourth-order valence-corrected chi connectivity index (χ4v) is 2.06. The molecular formula is C12H11BrF2N2O. The zero-order valence-electron chi connectivity index (χ0n) is 9.82. The molecular weight excluding hydrogens is 306 g/mol. The molecule has 0 fully saturated rings. The van der Waals surface area contributed by atoms with Gasteiger partial charge in [-0.25, -0.2) is 4.68 Å². The average Bonchev–Trinajstić information content (AvgIpc) is 2.66. The molecule has 0 N–H and O–H groups in total. The predicted molar refractivity (Wildman–Crippen MR) is 67.9 cm³/mol. The minimum absolute atomic E-state index is 0.104. The van der Waals surface area contributed by atoms with Crippen molar-refractivity contribution in [2.24, 2.45) is 5.92 Å². The van der Waals surface area contributed by atoms with E-state index in [1.165, 1.54) is 6.07 Å². The zero-order chi connectivity index (χ0) is 13.4. The van der Waals surface area contributed by atoms with Crippen LogP contribution in [-0.2, 0) is 0 Å². The molecule has 0 saturated heterocycles. The second-order valence-corrected chi connectivity index (χ2v) is 5.17. The maximum Gasteiger partial charge on any atom is 0.333 e. The van der Waals surface area contributed by atoms with E-state index in [1.807, 2.05) is 0 Å². The Kier molecular flexibility index (Phi) is 3.47. The molecule has 0 amide bonds. The summed E-state index contributed by atoms with van der Waals surface area (Å²) in [6.07, 6.45) is 0. The standard InChI is InChI=1S/C12H11BrF2N2O/c1-6(2)11(18)10-8-4-3-7(13)5-9(8)17(16-10)12(14)15/h3-6,12H,1-2H3. The lowest BCUT2D eigenvalue weighted by molar-refractivity contribution is 0.0607. The number of rotatable bonds is 3. The molecule has 0 aliphatic rings. The van der Waals surface area contributed by atoms with Gasteiger partial charge in [0.2, 0.25) is 0 Å². The van der Waals surface area contributed by atoms with Gasteiger partial charge >= 0.3 is 6.55 Å². The van der Waals surface area contributed by atoms with Crippen LogP contribution in [0, 0.1) is 5.92 Å². The first-order valence-electron chi connectivity index (χ1n) is 5.42. The van der Waals surface area contributed by atoms with Gasteiger partial charge < -0.3 is 0 Å². The van der Waals surface area contributed by atoms with Gasteiger partial charge in [-0.1, -0.05) is 29.8 Å². The summed E-state index contributed by atoms with van der Waals surface area (Å²) in [6.45, 7) is 0.665. The van der Waals surface area contributed by atoms with Crippen molar-refractivity contribution in [2.45, 2.75) is 20.4 Å². The summed E-state index contributed by atoms with van der Waals surface area (Å²) in [5.41, 5.74) is 0.358. The molecule has 0 unspecified atom stereocenters. The molecule has 2 aromatic rings. The van der Waals surface area contributed by atoms with Gasteiger partial charge in [0.05, 0.1) is 5.52 Å². The summed E-state index contributed by atoms with van der Waals surface area (Å²) >= 11 is 3.22. The number of hydrogen-bond donors (Lipinski definition) is 0. The number of carbonyl (C=O) groups excluding carboxylic acids is 1. The molecule has 0 radical (unpaired) electrons. The van der Waals surface area contributed by atoms with Gasteiger partial charge in [0.15, 0.2) is 5.78 Å². The van der Waals surface area contributed by atoms with Crippen LogP contribution in [0.5, 0.6) is 0 Å². The summed E-state index contributed by atoms with van der Waals surface area (Å²) in [7, 11) is 0. The van der Waals surface area contributed by atoms with E-state index in [4.69, 9.17) is 0 Å². The maximum atomic E-state index is 12.9. The Morgan fingerprint density at radius 2 is 2.06 bits per heavy atom. The lowest BCUT2D eigenvalue weighted by Gasteiger charge is -2.00. The summed E-state index contributed by atoms with van der Waals surface area (Å²) < 4.78 is 27.0. The van der Waals surface area contributed by atoms with Crippen LogP contribution in [0.1, 0.15) is 30.9 Å². The van der Waals surface area contributed by atoms with Crippen molar-refractivity contribution >= 4 is 32.6 Å². The first-order chi connectivity index (χ1) is 8.41. The maximum absolute atomic E-state index is 12.9. The van der Waals surface area contributed by atoms with Crippen LogP contribution in [0.25, 0.3) is 10.9 Å². The van der Waals surface area contributed by atoms with Crippen LogP contribution in [0.2, 0.25) is 0 Å². The number of halogens is 3. The molecule has 96 valence electrons. The normalized spacial score (nSPS) is 11.7. The second kappa shape index (κ2) is 4.76. The highest BCUT2D eigenvalue weighted by atomic mass is 79.9. The van der Waals surface area contributed by atoms with Crippen molar-refractivity contribution < 1.29 is 13.6 Å². The molecule has 2 rings (SSSR count). The lowest BCUT2D eigenvalue weighted by atomic mass is 10.0. The number of hydrogen-bond acceptors (Lipinski definition) is 2. The quantitative estimate of drug-likeness (QED) is 0.801. The van der Waals surface area contributed by atoms with Crippen LogP contribution in [-0.4, -0.2) is 15.6 Å². The summed E-state index contributed by atoms with van der Waals surface area (Å²) in [5.74, 6) is -0.514. The number of carbonyl (C=O) groups is 1. The Morgan fingerprint density at radius 3 is 2.61 bits per heavy atom. The molecule has 1 aromatic carbocycles. The molecule has 6 heteroatoms. The average molecular weight is 317 g/mol. The summed E-state index contributed by atoms with van der Waals surface area (Å²) in [5, 5.41) is 4.20. The molecule has 0 aliphatic carbocycles. The smallest absolute Gasteiger partial charge is 0.292 e. The number of Topliss-reactive ketones (excluding diaryl/α,β-unsaturated/α-hetero) is 1. The minimum atomic E-state index is -2.77. The highest BCUT2D eigenvalue weighted by molar-refractivity contribution is 9.10. The number of ketones is 1. The number of fused-ring (bicyclic) bond motifs is 1. The Balaban J connectivity index is 2.72. The molecule has 0 saturated carbocycles. The van der Waals surface area contributed by atoms with Gasteiger partial charge in [-0.2, -0.15) is 13.9 Å². The highest BCUT2D eigenvalue weighted by Gasteiger charge is 2.22. The third kappa shape index (κ3) is 2.16. The van der Waals surface area contributed by atoms with Crippen LogP contribution in [0.4, 0.5) is 8.78 Å². The highest BCUT2D eigenvalue weighted by Crippen LogP contribution is 2.27. The predicted octanol–water partition coefficient (Wildman–Crippen LogP) is 4.03. The molecule has 1 heterocycles. The number of nitrogens with zero attached hydrogens (tertiary/aromatic N) is 2. The first kappa shape index (κ1) is 13.1. The fourth-order valence-electron chi connectivity index (χ4n) is 1.71. The topological polar surface area (TPSA) is 34.9 Å². The third-order valence-corrected chi connectivity index (χ3v) is 3.11. The Bertz CT molecular complexity index is 607. The van der Waals surface area contributed by atoms with Gasteiger partial charge in [0.1, 0.15) is 5.69 Å². The van der Waals surface area contributed by atoms with Gasteiger partial charge in [-0.3, -0.25) is 4.79 Å². The van der Waals surface area contributed by atoms with Crippen molar-refractivity contribution in [2.75, 3.05) is 0 Å². The van der Waals surface area contributed by atoms with Crippen LogP contribution >= 0.6 is 15.9 Å². The van der Waals surface area contributed by atoms with Crippen LogP contribution in [0.3, 0.4) is 0 Å². The molecule has 18 heavy (non-hydrogen) atoms. The molecule has 1 aromatic heterocycles. The van der Waals surface area contributed by atoms with E-state index >= 15 is 0 Å². The largest absolute Gasteiger partial charge is 0.333 e.